The highest BCUT2D eigenvalue weighted by Crippen LogP contribution is 2.48. The lowest BCUT2D eigenvalue weighted by Gasteiger charge is -2.34. The van der Waals surface area contributed by atoms with Gasteiger partial charge in [0.15, 0.2) is 11.5 Å². The van der Waals surface area contributed by atoms with E-state index in [0.29, 0.717) is 16.9 Å². The van der Waals surface area contributed by atoms with E-state index in [1.165, 1.54) is 19.0 Å². The smallest absolute Gasteiger partial charge is 0.270 e. The Kier molecular flexibility index (Phi) is 4.07. The van der Waals surface area contributed by atoms with Gasteiger partial charge in [-0.25, -0.2) is 19.9 Å². The van der Waals surface area contributed by atoms with Crippen molar-refractivity contribution in [3.8, 4) is 0 Å². The highest BCUT2D eigenvalue weighted by molar-refractivity contribution is 5.81. The van der Waals surface area contributed by atoms with Crippen LogP contribution in [0.4, 0.5) is 5.82 Å². The fourth-order valence-electron chi connectivity index (χ4n) is 3.43. The molecule has 4 atom stereocenters. The number of ether oxygens (including phenoxy) is 2. The highest BCUT2D eigenvalue weighted by atomic mass is 16.7. The van der Waals surface area contributed by atoms with E-state index in [1.54, 1.807) is 17.7 Å². The standard InChI is InChI=1S/C15H19N7O4/c1-2-25-15(22-7-21-11-13(16)19-6-20-14(11)22)10(8-3-17-5-18-8)12(24)9(4-23)26-15/h3,5-7,9-10,12,23-24H,2,4H2,1H3,(H,17,18)(H2,16,19,20)/t9-,10-,12-,15-/m1/s1. The predicted molar refractivity (Wildman–Crippen MR) is 88.6 cm³/mol. The Labute approximate surface area is 147 Å². The quantitative estimate of drug-likeness (QED) is 0.462. The molecule has 0 amide bonds. The summed E-state index contributed by atoms with van der Waals surface area (Å²) in [7, 11) is 0. The topological polar surface area (TPSA) is 157 Å². The highest BCUT2D eigenvalue weighted by Gasteiger charge is 2.59. The fraction of sp³-hybridized carbons (Fsp3) is 0.467. The summed E-state index contributed by atoms with van der Waals surface area (Å²) < 4.78 is 13.6. The molecule has 0 saturated carbocycles. The van der Waals surface area contributed by atoms with E-state index in [9.17, 15) is 10.2 Å². The lowest BCUT2D eigenvalue weighted by molar-refractivity contribution is -0.290. The molecule has 1 saturated heterocycles. The van der Waals surface area contributed by atoms with Crippen molar-refractivity contribution < 1.29 is 19.7 Å². The molecule has 11 nitrogen and oxygen atoms in total. The minimum absolute atomic E-state index is 0.217. The Morgan fingerprint density at radius 3 is 2.92 bits per heavy atom. The van der Waals surface area contributed by atoms with E-state index in [2.05, 4.69) is 24.9 Å². The third kappa shape index (κ3) is 2.29. The first-order chi connectivity index (χ1) is 12.6. The zero-order chi connectivity index (χ0) is 18.3. The van der Waals surface area contributed by atoms with Crippen molar-refractivity contribution in [2.45, 2.75) is 31.0 Å². The Bertz CT molecular complexity index is 899. The van der Waals surface area contributed by atoms with Crippen LogP contribution in [-0.2, 0) is 15.4 Å². The summed E-state index contributed by atoms with van der Waals surface area (Å²) in [6, 6.07) is 0. The van der Waals surface area contributed by atoms with Gasteiger partial charge in [-0.2, -0.15) is 0 Å². The van der Waals surface area contributed by atoms with Crippen LogP contribution in [0.15, 0.2) is 25.2 Å². The van der Waals surface area contributed by atoms with E-state index in [1.807, 2.05) is 0 Å². The summed E-state index contributed by atoms with van der Waals surface area (Å²) in [6.45, 7) is 1.68. The number of nitrogens with one attached hydrogen (secondary N) is 1. The minimum Gasteiger partial charge on any atom is -0.394 e. The second-order valence-corrected chi connectivity index (χ2v) is 5.91. The van der Waals surface area contributed by atoms with Crippen LogP contribution >= 0.6 is 0 Å². The van der Waals surface area contributed by atoms with Gasteiger partial charge in [0.1, 0.15) is 30.2 Å². The number of nitrogen functional groups attached to an aromatic ring is 1. The molecule has 0 aliphatic carbocycles. The maximum Gasteiger partial charge on any atom is 0.270 e. The Morgan fingerprint density at radius 2 is 2.23 bits per heavy atom. The van der Waals surface area contributed by atoms with E-state index in [-0.39, 0.29) is 19.0 Å². The van der Waals surface area contributed by atoms with Crippen molar-refractivity contribution in [3.05, 3.63) is 30.9 Å². The first-order valence-electron chi connectivity index (χ1n) is 8.15. The van der Waals surface area contributed by atoms with Crippen LogP contribution in [0.5, 0.6) is 0 Å². The molecule has 11 heteroatoms. The number of imidazole rings is 2. The molecule has 26 heavy (non-hydrogen) atoms. The van der Waals surface area contributed by atoms with Crippen LogP contribution in [0.1, 0.15) is 18.5 Å². The lowest BCUT2D eigenvalue weighted by atomic mass is 9.94. The molecular formula is C15H19N7O4. The maximum absolute atomic E-state index is 10.8. The van der Waals surface area contributed by atoms with Gasteiger partial charge in [-0.1, -0.05) is 0 Å². The second-order valence-electron chi connectivity index (χ2n) is 5.91. The van der Waals surface area contributed by atoms with Crippen LogP contribution in [0, 0.1) is 0 Å². The molecule has 1 aliphatic heterocycles. The molecule has 138 valence electrons. The third-order valence-electron chi connectivity index (χ3n) is 4.50. The van der Waals surface area contributed by atoms with Crippen LogP contribution in [0.2, 0.25) is 0 Å². The number of fused-ring (bicyclic) bond motifs is 1. The summed E-state index contributed by atoms with van der Waals surface area (Å²) in [6.07, 6.45) is 3.99. The van der Waals surface area contributed by atoms with Crippen molar-refractivity contribution in [2.24, 2.45) is 0 Å². The first-order valence-corrected chi connectivity index (χ1v) is 8.15. The van der Waals surface area contributed by atoms with E-state index in [0.717, 1.165) is 0 Å². The number of nitrogens with two attached hydrogens (primary N) is 1. The van der Waals surface area contributed by atoms with Gasteiger partial charge in [0.05, 0.1) is 24.7 Å². The van der Waals surface area contributed by atoms with Crippen LogP contribution in [-0.4, -0.2) is 65.1 Å². The van der Waals surface area contributed by atoms with Crippen molar-refractivity contribution in [3.63, 3.8) is 0 Å². The van der Waals surface area contributed by atoms with Crippen LogP contribution in [0.25, 0.3) is 11.2 Å². The molecular weight excluding hydrogens is 342 g/mol. The molecule has 0 aromatic carbocycles. The lowest BCUT2D eigenvalue weighted by Crippen LogP contribution is -2.42. The average Bonchev–Trinajstić information content (AvgIpc) is 3.34. The van der Waals surface area contributed by atoms with Gasteiger partial charge in [-0.3, -0.25) is 4.57 Å². The van der Waals surface area contributed by atoms with Crippen molar-refractivity contribution in [1.29, 1.82) is 0 Å². The van der Waals surface area contributed by atoms with Gasteiger partial charge in [-0.05, 0) is 6.92 Å². The molecule has 0 unspecified atom stereocenters. The average molecular weight is 361 g/mol. The second kappa shape index (κ2) is 6.29. The van der Waals surface area contributed by atoms with E-state index >= 15 is 0 Å². The van der Waals surface area contributed by atoms with Crippen LogP contribution in [0.3, 0.4) is 0 Å². The largest absolute Gasteiger partial charge is 0.394 e. The monoisotopic (exact) mass is 361 g/mol. The fourth-order valence-corrected chi connectivity index (χ4v) is 3.43. The summed E-state index contributed by atoms with van der Waals surface area (Å²) in [4.78, 5) is 19.6. The Morgan fingerprint density at radius 1 is 1.38 bits per heavy atom. The number of nitrogens with zero attached hydrogens (tertiary/aromatic N) is 5. The third-order valence-corrected chi connectivity index (χ3v) is 4.50. The molecule has 0 radical (unpaired) electrons. The number of aromatic nitrogens is 6. The number of anilines is 1. The van der Waals surface area contributed by atoms with Gasteiger partial charge >= 0.3 is 0 Å². The summed E-state index contributed by atoms with van der Waals surface area (Å²) in [5.41, 5.74) is 7.17. The molecule has 5 N–H and O–H groups in total. The van der Waals surface area contributed by atoms with E-state index in [4.69, 9.17) is 15.2 Å². The molecule has 4 heterocycles. The van der Waals surface area contributed by atoms with Gasteiger partial charge in [0, 0.05) is 12.8 Å². The summed E-state index contributed by atoms with van der Waals surface area (Å²) in [5, 5.41) is 20.5. The maximum atomic E-state index is 10.8. The number of aromatic amines is 1. The van der Waals surface area contributed by atoms with Crippen molar-refractivity contribution >= 4 is 17.0 Å². The molecule has 0 spiro atoms. The zero-order valence-corrected chi connectivity index (χ0v) is 14.0. The number of rotatable bonds is 5. The normalized spacial score (nSPS) is 28.8. The van der Waals surface area contributed by atoms with Crippen LogP contribution < -0.4 is 5.73 Å². The number of aliphatic hydroxyl groups is 2. The minimum atomic E-state index is -1.51. The van der Waals surface area contributed by atoms with Gasteiger partial charge < -0.3 is 30.4 Å². The number of H-pyrrole nitrogens is 1. The molecule has 3 aromatic heterocycles. The summed E-state index contributed by atoms with van der Waals surface area (Å²) in [5.74, 6) is -2.03. The van der Waals surface area contributed by atoms with E-state index < -0.39 is 24.0 Å². The molecule has 1 aliphatic rings. The van der Waals surface area contributed by atoms with Crippen molar-refractivity contribution in [1.82, 2.24) is 29.5 Å². The SMILES string of the molecule is CCO[C@@]1(n2cnc3c(N)ncnc32)O[C@H](CO)[C@@H](O)[C@H]1c1c[nH]cn1. The Hall–Kier alpha value is -2.60. The van der Waals surface area contributed by atoms with Gasteiger partial charge in [-0.15, -0.1) is 0 Å². The zero-order valence-electron chi connectivity index (χ0n) is 14.0. The molecule has 3 aromatic rings. The number of aliphatic hydroxyl groups excluding tert-OH is 2. The summed E-state index contributed by atoms with van der Waals surface area (Å²) >= 11 is 0. The predicted octanol–water partition coefficient (Wildman–Crippen LogP) is -0.686. The molecule has 1 fully saturated rings. The van der Waals surface area contributed by atoms with Gasteiger partial charge in [0.2, 0.25) is 0 Å². The van der Waals surface area contributed by atoms with Crippen molar-refractivity contribution in [2.75, 3.05) is 18.9 Å². The van der Waals surface area contributed by atoms with Gasteiger partial charge in [0.25, 0.3) is 5.91 Å². The first kappa shape index (κ1) is 16.8. The Balaban J connectivity index is 1.95. The molecule has 0 bridgehead atoms. The molecule has 4 rings (SSSR count). The number of hydrogen-bond donors (Lipinski definition) is 4. The number of hydrogen-bond acceptors (Lipinski definition) is 9.